The van der Waals surface area contributed by atoms with Crippen LogP contribution in [0.4, 0.5) is 0 Å². The molecule has 0 atom stereocenters. The van der Waals surface area contributed by atoms with Crippen molar-refractivity contribution in [1.82, 2.24) is 0 Å². The molecule has 2 N–H and O–H groups in total. The normalized spacial score (nSPS) is 10.6. The highest BCUT2D eigenvalue weighted by molar-refractivity contribution is 6.58. The van der Waals surface area contributed by atoms with Crippen molar-refractivity contribution in [2.45, 2.75) is 34.3 Å². The first-order valence-corrected chi connectivity index (χ1v) is 7.04. The van der Waals surface area contributed by atoms with E-state index in [2.05, 4.69) is 32.9 Å². The van der Waals surface area contributed by atoms with Gasteiger partial charge < -0.3 is 14.8 Å². The van der Waals surface area contributed by atoms with Crippen LogP contribution in [0.1, 0.15) is 27.8 Å². The van der Waals surface area contributed by atoms with Crippen LogP contribution in [0.5, 0.6) is 5.75 Å². The van der Waals surface area contributed by atoms with E-state index in [-0.39, 0.29) is 0 Å². The standard InChI is InChI=1S/C17H21BO3/c1-11-7-12(2)16(13(3)8-11)10-21-17-6-5-15(18(19)20)9-14(17)4/h5-9,19-20H,10H2,1-4H3. The van der Waals surface area contributed by atoms with Crippen molar-refractivity contribution in [2.24, 2.45) is 0 Å². The first-order chi connectivity index (χ1) is 9.88. The number of hydrogen-bond acceptors (Lipinski definition) is 3. The van der Waals surface area contributed by atoms with Crippen LogP contribution in [0.15, 0.2) is 30.3 Å². The molecule has 0 spiro atoms. The Morgan fingerprint density at radius 3 is 2.05 bits per heavy atom. The lowest BCUT2D eigenvalue weighted by Crippen LogP contribution is -2.29. The molecule has 4 heteroatoms. The summed E-state index contributed by atoms with van der Waals surface area (Å²) >= 11 is 0. The zero-order chi connectivity index (χ0) is 15.6. The van der Waals surface area contributed by atoms with E-state index >= 15 is 0 Å². The van der Waals surface area contributed by atoms with Gasteiger partial charge in [0, 0.05) is 0 Å². The molecule has 0 aliphatic rings. The maximum Gasteiger partial charge on any atom is 0.488 e. The van der Waals surface area contributed by atoms with E-state index in [1.54, 1.807) is 18.2 Å². The van der Waals surface area contributed by atoms with E-state index in [4.69, 9.17) is 14.8 Å². The molecule has 3 nitrogen and oxygen atoms in total. The Kier molecular flexibility index (Phi) is 4.71. The third-order valence-corrected chi connectivity index (χ3v) is 3.71. The van der Waals surface area contributed by atoms with Gasteiger partial charge in [-0.05, 0) is 61.5 Å². The summed E-state index contributed by atoms with van der Waals surface area (Å²) in [4.78, 5) is 0. The second kappa shape index (κ2) is 6.33. The van der Waals surface area contributed by atoms with Crippen LogP contribution >= 0.6 is 0 Å². The highest BCUT2D eigenvalue weighted by atomic mass is 16.5. The molecule has 0 saturated heterocycles. The van der Waals surface area contributed by atoms with E-state index < -0.39 is 7.12 Å². The molecule has 0 bridgehead atoms. The van der Waals surface area contributed by atoms with Gasteiger partial charge in [0.1, 0.15) is 12.4 Å². The van der Waals surface area contributed by atoms with Crippen LogP contribution in [0.2, 0.25) is 0 Å². The van der Waals surface area contributed by atoms with Gasteiger partial charge in [0.15, 0.2) is 0 Å². The number of aryl methyl sites for hydroxylation is 4. The molecule has 21 heavy (non-hydrogen) atoms. The summed E-state index contributed by atoms with van der Waals surface area (Å²) in [6, 6.07) is 9.49. The summed E-state index contributed by atoms with van der Waals surface area (Å²) in [5.74, 6) is 0.763. The highest BCUT2D eigenvalue weighted by Gasteiger charge is 2.13. The van der Waals surface area contributed by atoms with E-state index in [9.17, 15) is 0 Å². The molecule has 0 heterocycles. The second-order valence-corrected chi connectivity index (χ2v) is 5.56. The minimum atomic E-state index is -1.45. The average molecular weight is 284 g/mol. The van der Waals surface area contributed by atoms with Crippen molar-refractivity contribution in [1.29, 1.82) is 0 Å². The second-order valence-electron chi connectivity index (χ2n) is 5.56. The fraction of sp³-hybridized carbons (Fsp3) is 0.294. The van der Waals surface area contributed by atoms with Crippen molar-refractivity contribution < 1.29 is 14.8 Å². The molecule has 0 unspecified atom stereocenters. The Morgan fingerprint density at radius 1 is 0.905 bits per heavy atom. The van der Waals surface area contributed by atoms with Gasteiger partial charge in [-0.15, -0.1) is 0 Å². The van der Waals surface area contributed by atoms with E-state index in [1.165, 1.54) is 22.3 Å². The summed E-state index contributed by atoms with van der Waals surface area (Å²) in [5.41, 5.74) is 6.28. The number of hydrogen-bond donors (Lipinski definition) is 2. The van der Waals surface area contributed by atoms with E-state index in [1.807, 2.05) is 6.92 Å². The molecular weight excluding hydrogens is 263 g/mol. The highest BCUT2D eigenvalue weighted by Crippen LogP contribution is 2.21. The maximum atomic E-state index is 9.16. The summed E-state index contributed by atoms with van der Waals surface area (Å²) in [6.07, 6.45) is 0. The topological polar surface area (TPSA) is 49.7 Å². The molecule has 0 aromatic heterocycles. The van der Waals surface area contributed by atoms with E-state index in [0.717, 1.165) is 11.3 Å². The van der Waals surface area contributed by atoms with Crippen LogP contribution in [-0.4, -0.2) is 17.2 Å². The molecule has 2 rings (SSSR count). The van der Waals surface area contributed by atoms with Crippen LogP contribution in [0, 0.1) is 27.7 Å². The van der Waals surface area contributed by atoms with E-state index in [0.29, 0.717) is 12.1 Å². The van der Waals surface area contributed by atoms with Crippen molar-refractivity contribution in [2.75, 3.05) is 0 Å². The Hall–Kier alpha value is -1.78. The lowest BCUT2D eigenvalue weighted by molar-refractivity contribution is 0.302. The van der Waals surface area contributed by atoms with Crippen molar-refractivity contribution in [3.8, 4) is 5.75 Å². The lowest BCUT2D eigenvalue weighted by atomic mass is 9.79. The molecular formula is C17H21BO3. The van der Waals surface area contributed by atoms with Gasteiger partial charge in [0.2, 0.25) is 0 Å². The van der Waals surface area contributed by atoms with Crippen molar-refractivity contribution >= 4 is 12.6 Å². The SMILES string of the molecule is Cc1cc(C)c(COc2ccc(B(O)O)cc2C)c(C)c1. The molecule has 0 aliphatic carbocycles. The third kappa shape index (κ3) is 3.66. The van der Waals surface area contributed by atoms with Gasteiger partial charge in [-0.2, -0.15) is 0 Å². The average Bonchev–Trinajstić information content (AvgIpc) is 2.38. The Balaban J connectivity index is 2.17. The molecule has 0 amide bonds. The van der Waals surface area contributed by atoms with Crippen LogP contribution in [0.25, 0.3) is 0 Å². The quantitative estimate of drug-likeness (QED) is 0.846. The zero-order valence-electron chi connectivity index (χ0n) is 13.0. The first kappa shape index (κ1) is 15.6. The molecule has 0 fully saturated rings. The monoisotopic (exact) mass is 284 g/mol. The molecule has 110 valence electrons. The Bertz CT molecular complexity index is 627. The van der Waals surface area contributed by atoms with Gasteiger partial charge in [-0.1, -0.05) is 29.8 Å². The Morgan fingerprint density at radius 2 is 1.52 bits per heavy atom. The van der Waals surface area contributed by atoms with Crippen LogP contribution in [0.3, 0.4) is 0 Å². The summed E-state index contributed by atoms with van der Waals surface area (Å²) in [7, 11) is -1.45. The smallest absolute Gasteiger partial charge is 0.488 e. The number of rotatable bonds is 4. The van der Waals surface area contributed by atoms with Gasteiger partial charge in [-0.3, -0.25) is 0 Å². The van der Waals surface area contributed by atoms with Gasteiger partial charge in [-0.25, -0.2) is 0 Å². The number of ether oxygens (including phenoxy) is 1. The van der Waals surface area contributed by atoms with Crippen LogP contribution in [-0.2, 0) is 6.61 Å². The summed E-state index contributed by atoms with van der Waals surface area (Å²) in [5, 5.41) is 18.3. The van der Waals surface area contributed by atoms with Crippen LogP contribution < -0.4 is 10.2 Å². The predicted molar refractivity (Wildman–Crippen MR) is 86.0 cm³/mol. The van der Waals surface area contributed by atoms with Crippen molar-refractivity contribution in [3.05, 3.63) is 58.1 Å². The minimum absolute atomic E-state index is 0.475. The zero-order valence-corrected chi connectivity index (χ0v) is 13.0. The largest absolute Gasteiger partial charge is 0.489 e. The third-order valence-electron chi connectivity index (χ3n) is 3.71. The fourth-order valence-corrected chi connectivity index (χ4v) is 2.58. The van der Waals surface area contributed by atoms with Gasteiger partial charge >= 0.3 is 7.12 Å². The molecule has 0 saturated carbocycles. The summed E-state index contributed by atoms with van der Waals surface area (Å²) < 4.78 is 5.90. The summed E-state index contributed by atoms with van der Waals surface area (Å²) in [6.45, 7) is 8.69. The van der Waals surface area contributed by atoms with Gasteiger partial charge in [0.05, 0.1) is 0 Å². The van der Waals surface area contributed by atoms with Gasteiger partial charge in [0.25, 0.3) is 0 Å². The molecule has 0 aliphatic heterocycles. The Labute approximate surface area is 126 Å². The fourth-order valence-electron chi connectivity index (χ4n) is 2.58. The maximum absolute atomic E-state index is 9.16. The first-order valence-electron chi connectivity index (χ1n) is 7.04. The number of benzene rings is 2. The minimum Gasteiger partial charge on any atom is -0.489 e. The van der Waals surface area contributed by atoms with Crippen molar-refractivity contribution in [3.63, 3.8) is 0 Å². The predicted octanol–water partition coefficient (Wildman–Crippen LogP) is 2.18. The molecule has 2 aromatic rings. The molecule has 2 aromatic carbocycles. The lowest BCUT2D eigenvalue weighted by Gasteiger charge is -2.14. The molecule has 0 radical (unpaired) electrons.